The topological polar surface area (TPSA) is 61.3 Å². The first-order chi connectivity index (χ1) is 10.0. The number of aryl methyl sites for hydroxylation is 1. The number of carbonyl (C=O) groups is 1. The van der Waals surface area contributed by atoms with E-state index in [1.165, 1.54) is 19.3 Å². The van der Waals surface area contributed by atoms with Gasteiger partial charge < -0.3 is 9.47 Å². The molecule has 0 amide bonds. The van der Waals surface area contributed by atoms with Crippen molar-refractivity contribution in [2.75, 3.05) is 0 Å². The Morgan fingerprint density at radius 3 is 2.48 bits per heavy atom. The van der Waals surface area contributed by atoms with Gasteiger partial charge in [0.1, 0.15) is 0 Å². The third-order valence-corrected chi connectivity index (χ3v) is 3.46. The number of aromatic nitrogens is 2. The van der Waals surface area contributed by atoms with E-state index in [9.17, 15) is 4.79 Å². The zero-order valence-corrected chi connectivity index (χ0v) is 14.4. The molecule has 118 valence electrons. The van der Waals surface area contributed by atoms with Gasteiger partial charge >= 0.3 is 0 Å². The number of ether oxygens (including phenoxy) is 2. The van der Waals surface area contributed by atoms with Crippen molar-refractivity contribution in [3.05, 3.63) is 16.6 Å². The summed E-state index contributed by atoms with van der Waals surface area (Å²) >= 11 is 3.24. The summed E-state index contributed by atoms with van der Waals surface area (Å²) in [7, 11) is 0. The SMILES string of the molecule is CC(C)OC=O.Cc1nc(Br)ncc1OC1CCCCC1. The molecule has 1 heterocycles. The second-order valence-electron chi connectivity index (χ2n) is 5.25. The summed E-state index contributed by atoms with van der Waals surface area (Å²) in [4.78, 5) is 17.7. The molecule has 0 aromatic carbocycles. The van der Waals surface area contributed by atoms with Crippen LogP contribution in [0, 0.1) is 6.92 Å². The van der Waals surface area contributed by atoms with Gasteiger partial charge in [-0.15, -0.1) is 0 Å². The minimum absolute atomic E-state index is 0.0301. The van der Waals surface area contributed by atoms with E-state index in [1.54, 1.807) is 20.0 Å². The van der Waals surface area contributed by atoms with Crippen LogP contribution in [0.4, 0.5) is 0 Å². The molecule has 0 saturated heterocycles. The van der Waals surface area contributed by atoms with E-state index in [2.05, 4.69) is 30.6 Å². The standard InChI is InChI=1S/C11H15BrN2O.C4H8O2/c1-8-10(7-13-11(12)14-8)15-9-5-3-2-4-6-9;1-4(2)6-3-5/h7,9H,2-6H2,1H3;3-4H,1-2H3. The van der Waals surface area contributed by atoms with Crippen LogP contribution >= 0.6 is 15.9 Å². The summed E-state index contributed by atoms with van der Waals surface area (Å²) in [5.74, 6) is 0.824. The highest BCUT2D eigenvalue weighted by molar-refractivity contribution is 9.10. The Kier molecular flexibility index (Phi) is 8.27. The van der Waals surface area contributed by atoms with Crippen LogP contribution in [0.2, 0.25) is 0 Å². The number of halogens is 1. The van der Waals surface area contributed by atoms with Crippen molar-refractivity contribution in [2.45, 2.75) is 65.1 Å². The lowest BCUT2D eigenvalue weighted by atomic mass is 9.98. The molecule has 1 fully saturated rings. The summed E-state index contributed by atoms with van der Waals surface area (Å²) in [5.41, 5.74) is 0.905. The van der Waals surface area contributed by atoms with Crippen LogP contribution in [0.15, 0.2) is 10.9 Å². The molecule has 0 bridgehead atoms. The molecular weight excluding hydrogens is 336 g/mol. The van der Waals surface area contributed by atoms with Gasteiger partial charge in [-0.25, -0.2) is 9.97 Å². The molecule has 21 heavy (non-hydrogen) atoms. The zero-order valence-electron chi connectivity index (χ0n) is 12.8. The monoisotopic (exact) mass is 358 g/mol. The van der Waals surface area contributed by atoms with E-state index in [1.807, 2.05) is 6.92 Å². The molecule has 1 saturated carbocycles. The van der Waals surface area contributed by atoms with Crippen molar-refractivity contribution in [3.63, 3.8) is 0 Å². The van der Waals surface area contributed by atoms with E-state index >= 15 is 0 Å². The molecule has 5 nitrogen and oxygen atoms in total. The van der Waals surface area contributed by atoms with Gasteiger partial charge in [-0.1, -0.05) is 6.42 Å². The summed E-state index contributed by atoms with van der Waals surface area (Å²) in [6.07, 6.45) is 8.37. The number of nitrogens with zero attached hydrogens (tertiary/aromatic N) is 2. The highest BCUT2D eigenvalue weighted by atomic mass is 79.9. The first-order valence-electron chi connectivity index (χ1n) is 7.27. The molecule has 0 N–H and O–H groups in total. The number of rotatable bonds is 4. The number of hydrogen-bond acceptors (Lipinski definition) is 5. The highest BCUT2D eigenvalue weighted by Crippen LogP contribution is 2.24. The largest absolute Gasteiger partial charge is 0.487 e. The fraction of sp³-hybridized carbons (Fsp3) is 0.667. The van der Waals surface area contributed by atoms with Crippen LogP contribution in [0.3, 0.4) is 0 Å². The summed E-state index contributed by atoms with van der Waals surface area (Å²) in [6, 6.07) is 0. The van der Waals surface area contributed by atoms with Crippen molar-refractivity contribution in [1.29, 1.82) is 0 Å². The molecule has 6 heteroatoms. The number of carbonyl (C=O) groups excluding carboxylic acids is 1. The second-order valence-corrected chi connectivity index (χ2v) is 5.96. The first-order valence-corrected chi connectivity index (χ1v) is 8.07. The van der Waals surface area contributed by atoms with Gasteiger partial charge in [0.2, 0.25) is 0 Å². The van der Waals surface area contributed by atoms with Gasteiger partial charge in [0.05, 0.1) is 24.1 Å². The third-order valence-electron chi connectivity index (χ3n) is 3.08. The lowest BCUT2D eigenvalue weighted by Gasteiger charge is -2.23. The van der Waals surface area contributed by atoms with Crippen LogP contribution in [0.1, 0.15) is 51.6 Å². The van der Waals surface area contributed by atoms with Crippen LogP contribution in [-0.2, 0) is 9.53 Å². The average molecular weight is 359 g/mol. The van der Waals surface area contributed by atoms with Gasteiger partial charge in [0, 0.05) is 0 Å². The predicted octanol–water partition coefficient (Wildman–Crippen LogP) is 3.83. The minimum Gasteiger partial charge on any atom is -0.487 e. The van der Waals surface area contributed by atoms with Gasteiger partial charge in [0.15, 0.2) is 10.5 Å². The van der Waals surface area contributed by atoms with Crippen molar-refractivity contribution >= 4 is 22.4 Å². The predicted molar refractivity (Wildman–Crippen MR) is 84.3 cm³/mol. The minimum atomic E-state index is 0.0301. The van der Waals surface area contributed by atoms with Crippen molar-refractivity contribution in [1.82, 2.24) is 9.97 Å². The molecule has 2 rings (SSSR count). The van der Waals surface area contributed by atoms with E-state index in [0.29, 0.717) is 17.3 Å². The lowest BCUT2D eigenvalue weighted by Crippen LogP contribution is -2.20. The smallest absolute Gasteiger partial charge is 0.293 e. The summed E-state index contributed by atoms with van der Waals surface area (Å²) in [6.45, 7) is 6.00. The van der Waals surface area contributed by atoms with Crippen molar-refractivity contribution < 1.29 is 14.3 Å². The molecule has 0 aliphatic heterocycles. The molecule has 1 aromatic rings. The van der Waals surface area contributed by atoms with E-state index < -0.39 is 0 Å². The Hall–Kier alpha value is -1.17. The zero-order chi connectivity index (χ0) is 15.7. The number of hydrogen-bond donors (Lipinski definition) is 0. The third kappa shape index (κ3) is 7.41. The maximum absolute atomic E-state index is 9.39. The van der Waals surface area contributed by atoms with E-state index in [-0.39, 0.29) is 6.10 Å². The average Bonchev–Trinajstić information content (AvgIpc) is 2.44. The second kappa shape index (κ2) is 9.71. The molecule has 1 aromatic heterocycles. The highest BCUT2D eigenvalue weighted by Gasteiger charge is 2.16. The Morgan fingerprint density at radius 2 is 2.00 bits per heavy atom. The molecule has 1 aliphatic carbocycles. The maximum Gasteiger partial charge on any atom is 0.293 e. The molecule has 0 spiro atoms. The van der Waals surface area contributed by atoms with Crippen molar-refractivity contribution in [3.8, 4) is 5.75 Å². The fourth-order valence-electron chi connectivity index (χ4n) is 2.02. The molecule has 1 aliphatic rings. The fourth-order valence-corrected chi connectivity index (χ4v) is 2.39. The van der Waals surface area contributed by atoms with E-state index in [0.717, 1.165) is 24.3 Å². The molecule has 0 unspecified atom stereocenters. The Bertz CT molecular complexity index is 435. The molecule has 0 radical (unpaired) electrons. The van der Waals surface area contributed by atoms with Crippen LogP contribution in [0.25, 0.3) is 0 Å². The van der Waals surface area contributed by atoms with Crippen LogP contribution in [-0.4, -0.2) is 28.6 Å². The summed E-state index contributed by atoms with van der Waals surface area (Å²) < 4.78 is 10.9. The van der Waals surface area contributed by atoms with Crippen molar-refractivity contribution in [2.24, 2.45) is 0 Å². The first kappa shape index (κ1) is 17.9. The Balaban J connectivity index is 0.000000315. The normalized spacial score (nSPS) is 15.1. The molecule has 0 atom stereocenters. The Morgan fingerprint density at radius 1 is 1.33 bits per heavy atom. The van der Waals surface area contributed by atoms with Crippen LogP contribution in [0.5, 0.6) is 5.75 Å². The summed E-state index contributed by atoms with van der Waals surface area (Å²) in [5, 5.41) is 0. The quantitative estimate of drug-likeness (QED) is 0.604. The Labute approximate surface area is 134 Å². The lowest BCUT2D eigenvalue weighted by molar-refractivity contribution is -0.131. The van der Waals surface area contributed by atoms with E-state index in [4.69, 9.17) is 4.74 Å². The van der Waals surface area contributed by atoms with Gasteiger partial charge in [0.25, 0.3) is 6.47 Å². The maximum atomic E-state index is 9.39. The molecular formula is C15H23BrN2O3. The van der Waals surface area contributed by atoms with Crippen LogP contribution < -0.4 is 4.74 Å². The van der Waals surface area contributed by atoms with Gasteiger partial charge in [-0.05, 0) is 62.4 Å². The van der Waals surface area contributed by atoms with Gasteiger partial charge in [-0.2, -0.15) is 0 Å². The van der Waals surface area contributed by atoms with Gasteiger partial charge in [-0.3, -0.25) is 4.79 Å².